The third-order valence-electron chi connectivity index (χ3n) is 4.50. The molecule has 6 nitrogen and oxygen atoms in total. The van der Waals surface area contributed by atoms with E-state index in [0.29, 0.717) is 18.9 Å². The molecule has 0 saturated carbocycles. The van der Waals surface area contributed by atoms with Crippen molar-refractivity contribution >= 4 is 20.9 Å². The van der Waals surface area contributed by atoms with Crippen LogP contribution in [0.2, 0.25) is 0 Å². The van der Waals surface area contributed by atoms with E-state index in [-0.39, 0.29) is 41.4 Å². The molecule has 2 aromatic rings. The van der Waals surface area contributed by atoms with Crippen LogP contribution in [0.4, 0.5) is 13.2 Å². The number of hydrogen-bond acceptors (Lipinski definition) is 4. The zero-order valence-electron chi connectivity index (χ0n) is 13.6. The standard InChI is InChI=1S/C16H17F3N2O4S/c17-16(18,19)13-7-15(23)20-14-4-3-11(6-12(13)14)26(24,25)21-5-1-2-10(8-21)9-22/h3-4,6-7,10,22H,1-2,5,8-9H2,(H,20,23). The average molecular weight is 390 g/mol. The minimum absolute atomic E-state index is 0.0874. The Morgan fingerprint density at radius 3 is 2.65 bits per heavy atom. The van der Waals surface area contributed by atoms with Crippen LogP contribution in [-0.2, 0) is 16.2 Å². The van der Waals surface area contributed by atoms with Crippen molar-refractivity contribution in [1.82, 2.24) is 9.29 Å². The normalized spacial score (nSPS) is 19.8. The number of rotatable bonds is 3. The molecule has 1 aromatic heterocycles. The lowest BCUT2D eigenvalue weighted by Crippen LogP contribution is -2.40. The average Bonchev–Trinajstić information content (AvgIpc) is 2.59. The lowest BCUT2D eigenvalue weighted by Gasteiger charge is -2.31. The third kappa shape index (κ3) is 3.49. The van der Waals surface area contributed by atoms with Crippen LogP contribution in [-0.4, -0.2) is 42.5 Å². The number of sulfonamides is 1. The molecule has 0 radical (unpaired) electrons. The maximum Gasteiger partial charge on any atom is 0.417 e. The molecule has 1 aliphatic heterocycles. The smallest absolute Gasteiger partial charge is 0.396 e. The largest absolute Gasteiger partial charge is 0.417 e. The highest BCUT2D eigenvalue weighted by molar-refractivity contribution is 7.89. The first-order chi connectivity index (χ1) is 12.1. The van der Waals surface area contributed by atoms with Gasteiger partial charge in [0.2, 0.25) is 15.6 Å². The van der Waals surface area contributed by atoms with E-state index in [0.717, 1.165) is 12.1 Å². The number of halogens is 3. The minimum atomic E-state index is -4.79. The molecule has 1 fully saturated rings. The summed E-state index contributed by atoms with van der Waals surface area (Å²) in [5.74, 6) is -0.193. The molecule has 1 aromatic carbocycles. The Morgan fingerprint density at radius 2 is 2.00 bits per heavy atom. The SMILES string of the molecule is O=c1cc(C(F)(F)F)c2cc(S(=O)(=O)N3CCCC(CO)C3)ccc2[nH]1. The second-order valence-corrected chi connectivity index (χ2v) is 8.24. The summed E-state index contributed by atoms with van der Waals surface area (Å²) in [6.07, 6.45) is -3.53. The van der Waals surface area contributed by atoms with Gasteiger partial charge in [-0.3, -0.25) is 4.79 Å². The van der Waals surface area contributed by atoms with Gasteiger partial charge in [0.05, 0.1) is 10.5 Å². The fraction of sp³-hybridized carbons (Fsp3) is 0.438. The summed E-state index contributed by atoms with van der Waals surface area (Å²) in [4.78, 5) is 13.4. The number of hydrogen-bond donors (Lipinski definition) is 2. The van der Waals surface area contributed by atoms with E-state index in [1.54, 1.807) is 0 Å². The van der Waals surface area contributed by atoms with Crippen molar-refractivity contribution in [3.8, 4) is 0 Å². The van der Waals surface area contributed by atoms with Crippen molar-refractivity contribution in [2.45, 2.75) is 23.9 Å². The zero-order valence-corrected chi connectivity index (χ0v) is 14.4. The van der Waals surface area contributed by atoms with Gasteiger partial charge in [0.1, 0.15) is 0 Å². The van der Waals surface area contributed by atoms with Crippen LogP contribution in [0.15, 0.2) is 34.0 Å². The van der Waals surface area contributed by atoms with Crippen molar-refractivity contribution in [3.05, 3.63) is 40.2 Å². The molecule has 2 heterocycles. The third-order valence-corrected chi connectivity index (χ3v) is 6.36. The Balaban J connectivity index is 2.11. The molecule has 0 aliphatic carbocycles. The van der Waals surface area contributed by atoms with Crippen molar-refractivity contribution in [2.75, 3.05) is 19.7 Å². The fourth-order valence-corrected chi connectivity index (χ4v) is 4.75. The summed E-state index contributed by atoms with van der Waals surface area (Å²) in [5.41, 5.74) is -2.18. The summed E-state index contributed by atoms with van der Waals surface area (Å²) < 4.78 is 66.5. The van der Waals surface area contributed by atoms with Gasteiger partial charge in [0.25, 0.3) is 0 Å². The molecule has 1 unspecified atom stereocenters. The van der Waals surface area contributed by atoms with E-state index in [2.05, 4.69) is 4.98 Å². The molecular weight excluding hydrogens is 373 g/mol. The highest BCUT2D eigenvalue weighted by atomic mass is 32.2. The molecule has 10 heteroatoms. The molecule has 1 saturated heterocycles. The van der Waals surface area contributed by atoms with Crippen LogP contribution < -0.4 is 5.56 Å². The lowest BCUT2D eigenvalue weighted by molar-refractivity contribution is -0.136. The molecule has 3 rings (SSSR count). The number of aromatic amines is 1. The van der Waals surface area contributed by atoms with Crippen LogP contribution in [0.1, 0.15) is 18.4 Å². The van der Waals surface area contributed by atoms with Crippen molar-refractivity contribution in [2.24, 2.45) is 5.92 Å². The first-order valence-electron chi connectivity index (χ1n) is 7.98. The summed E-state index contributed by atoms with van der Waals surface area (Å²) in [6, 6.07) is 3.69. The second-order valence-electron chi connectivity index (χ2n) is 6.31. The molecule has 2 N–H and O–H groups in total. The minimum Gasteiger partial charge on any atom is -0.396 e. The van der Waals surface area contributed by atoms with E-state index >= 15 is 0 Å². The van der Waals surface area contributed by atoms with Gasteiger partial charge in [-0.25, -0.2) is 8.42 Å². The number of aromatic nitrogens is 1. The van der Waals surface area contributed by atoms with Gasteiger partial charge in [-0.1, -0.05) is 0 Å². The Labute approximate surface area is 147 Å². The molecule has 0 spiro atoms. The lowest BCUT2D eigenvalue weighted by atomic mass is 10.0. The number of alkyl halides is 3. The van der Waals surface area contributed by atoms with Crippen molar-refractivity contribution in [1.29, 1.82) is 0 Å². The molecule has 0 amide bonds. The topological polar surface area (TPSA) is 90.5 Å². The number of H-pyrrole nitrogens is 1. The first-order valence-corrected chi connectivity index (χ1v) is 9.42. The first kappa shape index (κ1) is 18.9. The monoisotopic (exact) mass is 390 g/mol. The molecule has 1 atom stereocenters. The maximum atomic E-state index is 13.2. The Hall–Kier alpha value is -1.91. The van der Waals surface area contributed by atoms with Gasteiger partial charge < -0.3 is 10.1 Å². The van der Waals surface area contributed by atoms with Crippen LogP contribution in [0.25, 0.3) is 10.9 Å². The van der Waals surface area contributed by atoms with Gasteiger partial charge >= 0.3 is 6.18 Å². The predicted octanol–water partition coefficient (Wildman–Crippen LogP) is 1.94. The molecular formula is C16H17F3N2O4S. The number of pyridine rings is 1. The molecule has 26 heavy (non-hydrogen) atoms. The molecule has 142 valence electrons. The van der Waals surface area contributed by atoms with Gasteiger partial charge in [0.15, 0.2) is 0 Å². The van der Waals surface area contributed by atoms with E-state index in [4.69, 9.17) is 0 Å². The Kier molecular flexibility index (Phi) is 4.84. The van der Waals surface area contributed by atoms with E-state index in [1.807, 2.05) is 0 Å². The van der Waals surface area contributed by atoms with Gasteiger partial charge in [-0.15, -0.1) is 0 Å². The quantitative estimate of drug-likeness (QED) is 0.838. The Bertz CT molecular complexity index is 985. The summed E-state index contributed by atoms with van der Waals surface area (Å²) in [7, 11) is -4.01. The van der Waals surface area contributed by atoms with Gasteiger partial charge in [-0.2, -0.15) is 17.5 Å². The number of nitrogens with one attached hydrogen (secondary N) is 1. The van der Waals surface area contributed by atoms with Crippen molar-refractivity contribution < 1.29 is 26.7 Å². The number of fused-ring (bicyclic) bond motifs is 1. The highest BCUT2D eigenvalue weighted by Crippen LogP contribution is 2.34. The number of aliphatic hydroxyl groups is 1. The number of nitrogens with zero attached hydrogens (tertiary/aromatic N) is 1. The number of aliphatic hydroxyl groups excluding tert-OH is 1. The zero-order chi connectivity index (χ0) is 19.1. The van der Waals surface area contributed by atoms with Crippen LogP contribution in [0.5, 0.6) is 0 Å². The van der Waals surface area contributed by atoms with Crippen LogP contribution in [0, 0.1) is 5.92 Å². The molecule has 0 bridgehead atoms. The Morgan fingerprint density at radius 1 is 1.27 bits per heavy atom. The van der Waals surface area contributed by atoms with Crippen molar-refractivity contribution in [3.63, 3.8) is 0 Å². The number of piperidine rings is 1. The highest BCUT2D eigenvalue weighted by Gasteiger charge is 2.35. The predicted molar refractivity (Wildman–Crippen MR) is 88.1 cm³/mol. The molecule has 1 aliphatic rings. The summed E-state index contributed by atoms with van der Waals surface area (Å²) in [5, 5.41) is 8.88. The maximum absolute atomic E-state index is 13.2. The van der Waals surface area contributed by atoms with Gasteiger partial charge in [0, 0.05) is 36.7 Å². The van der Waals surface area contributed by atoms with E-state index in [1.165, 1.54) is 10.4 Å². The second kappa shape index (κ2) is 6.67. The summed E-state index contributed by atoms with van der Waals surface area (Å²) >= 11 is 0. The van der Waals surface area contributed by atoms with E-state index < -0.39 is 27.3 Å². The fourth-order valence-electron chi connectivity index (χ4n) is 3.17. The van der Waals surface area contributed by atoms with Crippen LogP contribution in [0.3, 0.4) is 0 Å². The van der Waals surface area contributed by atoms with Gasteiger partial charge in [-0.05, 0) is 37.0 Å². The van der Waals surface area contributed by atoms with Crippen LogP contribution >= 0.6 is 0 Å². The summed E-state index contributed by atoms with van der Waals surface area (Å²) in [6.45, 7) is 0.215. The van der Waals surface area contributed by atoms with E-state index in [9.17, 15) is 31.5 Å². The number of benzene rings is 1.